The first kappa shape index (κ1) is 23.5. The zero-order chi connectivity index (χ0) is 23.8. The molecule has 4 rings (SSSR count). The average molecular weight is 464 g/mol. The Morgan fingerprint density at radius 3 is 2.76 bits per heavy atom. The summed E-state index contributed by atoms with van der Waals surface area (Å²) in [7, 11) is 0. The molecule has 8 nitrogen and oxygen atoms in total. The van der Waals surface area contributed by atoms with E-state index >= 15 is 0 Å². The molecule has 1 unspecified atom stereocenters. The third kappa shape index (κ3) is 6.94. The van der Waals surface area contributed by atoms with Gasteiger partial charge in [0, 0.05) is 37.9 Å². The number of carbonyl (C=O) groups is 2. The fourth-order valence-electron chi connectivity index (χ4n) is 3.80. The molecule has 0 aliphatic carbocycles. The standard InChI is InChI=1S/C26H29N3O5/c1-19-16-29(10-12-32-19)17-21-6-2-5-20(13-21)15-27-25(30)18-34-23-8-3-7-22(14-23)28-26(31)24-9-4-11-33-24/h2-9,11,13-14,19H,10,12,15-18H2,1H3,(H,27,30)(H,28,31). The summed E-state index contributed by atoms with van der Waals surface area (Å²) in [6.07, 6.45) is 1.69. The van der Waals surface area contributed by atoms with Gasteiger partial charge < -0.3 is 24.5 Å². The molecule has 1 fully saturated rings. The van der Waals surface area contributed by atoms with Gasteiger partial charge in [-0.2, -0.15) is 0 Å². The van der Waals surface area contributed by atoms with Crippen LogP contribution in [-0.2, 0) is 22.6 Å². The van der Waals surface area contributed by atoms with E-state index in [1.54, 1.807) is 36.4 Å². The van der Waals surface area contributed by atoms with E-state index in [1.807, 2.05) is 12.1 Å². The minimum atomic E-state index is -0.356. The largest absolute Gasteiger partial charge is 0.484 e. The van der Waals surface area contributed by atoms with E-state index in [9.17, 15) is 9.59 Å². The summed E-state index contributed by atoms with van der Waals surface area (Å²) in [5.41, 5.74) is 2.80. The van der Waals surface area contributed by atoms with Crippen molar-refractivity contribution in [3.63, 3.8) is 0 Å². The van der Waals surface area contributed by atoms with E-state index in [-0.39, 0.29) is 30.3 Å². The number of rotatable bonds is 9. The second-order valence-corrected chi connectivity index (χ2v) is 8.26. The summed E-state index contributed by atoms with van der Waals surface area (Å²) < 4.78 is 16.3. The number of carbonyl (C=O) groups excluding carboxylic acids is 2. The third-order valence-corrected chi connectivity index (χ3v) is 5.42. The molecule has 0 radical (unpaired) electrons. The van der Waals surface area contributed by atoms with E-state index < -0.39 is 0 Å². The van der Waals surface area contributed by atoms with Gasteiger partial charge in [0.1, 0.15) is 5.75 Å². The van der Waals surface area contributed by atoms with Crippen molar-refractivity contribution in [1.29, 1.82) is 0 Å². The molecule has 2 amide bonds. The third-order valence-electron chi connectivity index (χ3n) is 5.42. The molecule has 0 spiro atoms. The number of furan rings is 1. The lowest BCUT2D eigenvalue weighted by molar-refractivity contribution is -0.123. The Bertz CT molecular complexity index is 1100. The van der Waals surface area contributed by atoms with Gasteiger partial charge >= 0.3 is 0 Å². The van der Waals surface area contributed by atoms with E-state index in [2.05, 4.69) is 34.6 Å². The first-order valence-corrected chi connectivity index (χ1v) is 11.3. The summed E-state index contributed by atoms with van der Waals surface area (Å²) in [5.74, 6) is 0.117. The van der Waals surface area contributed by atoms with Crippen LogP contribution >= 0.6 is 0 Å². The zero-order valence-corrected chi connectivity index (χ0v) is 19.2. The molecule has 2 aromatic carbocycles. The minimum absolute atomic E-state index is 0.124. The van der Waals surface area contributed by atoms with Gasteiger partial charge in [0.2, 0.25) is 0 Å². The zero-order valence-electron chi connectivity index (χ0n) is 19.2. The number of ether oxygens (including phenoxy) is 2. The van der Waals surface area contributed by atoms with Gasteiger partial charge in [-0.05, 0) is 42.3 Å². The van der Waals surface area contributed by atoms with E-state index in [4.69, 9.17) is 13.9 Å². The Morgan fingerprint density at radius 1 is 1.09 bits per heavy atom. The van der Waals surface area contributed by atoms with Crippen LogP contribution in [0.2, 0.25) is 0 Å². The van der Waals surface area contributed by atoms with Gasteiger partial charge in [0.25, 0.3) is 11.8 Å². The average Bonchev–Trinajstić information content (AvgIpc) is 3.37. The number of nitrogens with one attached hydrogen (secondary N) is 2. The summed E-state index contributed by atoms with van der Waals surface area (Å²) in [6.45, 7) is 5.87. The summed E-state index contributed by atoms with van der Waals surface area (Å²) in [5, 5.41) is 5.62. The van der Waals surface area contributed by atoms with E-state index in [0.717, 1.165) is 31.8 Å². The Balaban J connectivity index is 1.23. The lowest BCUT2D eigenvalue weighted by atomic mass is 10.1. The van der Waals surface area contributed by atoms with Crippen molar-refractivity contribution in [2.75, 3.05) is 31.6 Å². The van der Waals surface area contributed by atoms with Crippen molar-refractivity contribution in [3.05, 3.63) is 83.8 Å². The Kier molecular flexibility index (Phi) is 7.95. The highest BCUT2D eigenvalue weighted by Gasteiger charge is 2.16. The van der Waals surface area contributed by atoms with Crippen molar-refractivity contribution in [1.82, 2.24) is 10.2 Å². The maximum Gasteiger partial charge on any atom is 0.291 e. The van der Waals surface area contributed by atoms with E-state index in [1.165, 1.54) is 11.8 Å². The normalized spacial score (nSPS) is 16.1. The maximum absolute atomic E-state index is 12.3. The van der Waals surface area contributed by atoms with Crippen molar-refractivity contribution in [2.45, 2.75) is 26.1 Å². The number of hydrogen-bond donors (Lipinski definition) is 2. The second-order valence-electron chi connectivity index (χ2n) is 8.26. The van der Waals surface area contributed by atoms with Crippen LogP contribution in [0, 0.1) is 0 Å². The highest BCUT2D eigenvalue weighted by Crippen LogP contribution is 2.18. The molecule has 2 heterocycles. The molecule has 0 saturated carbocycles. The van der Waals surface area contributed by atoms with E-state index in [0.29, 0.717) is 18.0 Å². The predicted octanol–water partition coefficient (Wildman–Crippen LogP) is 3.45. The lowest BCUT2D eigenvalue weighted by Gasteiger charge is -2.31. The molecule has 1 saturated heterocycles. The lowest BCUT2D eigenvalue weighted by Crippen LogP contribution is -2.40. The summed E-state index contributed by atoms with van der Waals surface area (Å²) >= 11 is 0. The van der Waals surface area contributed by atoms with Crippen LogP contribution in [0.1, 0.15) is 28.6 Å². The van der Waals surface area contributed by atoms with Gasteiger partial charge in [-0.1, -0.05) is 30.3 Å². The second kappa shape index (κ2) is 11.5. The van der Waals surface area contributed by atoms with Crippen LogP contribution in [-0.4, -0.2) is 49.1 Å². The van der Waals surface area contributed by atoms with Crippen molar-refractivity contribution in [3.8, 4) is 5.75 Å². The number of hydrogen-bond acceptors (Lipinski definition) is 6. The van der Waals surface area contributed by atoms with Crippen LogP contribution in [0.4, 0.5) is 5.69 Å². The first-order valence-electron chi connectivity index (χ1n) is 11.3. The summed E-state index contributed by atoms with van der Waals surface area (Å²) in [6, 6.07) is 18.3. The van der Waals surface area contributed by atoms with Crippen LogP contribution in [0.5, 0.6) is 5.75 Å². The van der Waals surface area contributed by atoms with Crippen LogP contribution in [0.15, 0.2) is 71.3 Å². The minimum Gasteiger partial charge on any atom is -0.484 e. The van der Waals surface area contributed by atoms with Gasteiger partial charge in [-0.25, -0.2) is 0 Å². The number of benzene rings is 2. The van der Waals surface area contributed by atoms with Crippen molar-refractivity contribution in [2.24, 2.45) is 0 Å². The monoisotopic (exact) mass is 463 g/mol. The number of morpholine rings is 1. The summed E-state index contributed by atoms with van der Waals surface area (Å²) in [4.78, 5) is 26.8. The molecule has 1 aliphatic heterocycles. The topological polar surface area (TPSA) is 93.0 Å². The molecule has 8 heteroatoms. The molecular weight excluding hydrogens is 434 g/mol. The molecule has 3 aromatic rings. The molecule has 0 bridgehead atoms. The smallest absolute Gasteiger partial charge is 0.291 e. The Morgan fingerprint density at radius 2 is 1.94 bits per heavy atom. The highest BCUT2D eigenvalue weighted by molar-refractivity contribution is 6.02. The Labute approximate surface area is 198 Å². The van der Waals surface area contributed by atoms with Crippen LogP contribution in [0.25, 0.3) is 0 Å². The fraction of sp³-hybridized carbons (Fsp3) is 0.308. The molecule has 1 aromatic heterocycles. The fourth-order valence-corrected chi connectivity index (χ4v) is 3.80. The maximum atomic E-state index is 12.3. The van der Waals surface area contributed by atoms with Gasteiger partial charge in [-0.3, -0.25) is 14.5 Å². The number of amides is 2. The van der Waals surface area contributed by atoms with Gasteiger partial charge in [-0.15, -0.1) is 0 Å². The molecule has 1 aliphatic rings. The molecule has 34 heavy (non-hydrogen) atoms. The Hall–Kier alpha value is -3.62. The molecule has 1 atom stereocenters. The molecular formula is C26H29N3O5. The van der Waals surface area contributed by atoms with Crippen molar-refractivity contribution >= 4 is 17.5 Å². The number of anilines is 1. The predicted molar refractivity (Wildman–Crippen MR) is 128 cm³/mol. The molecule has 2 N–H and O–H groups in total. The highest BCUT2D eigenvalue weighted by atomic mass is 16.5. The SMILES string of the molecule is CC1CN(Cc2cccc(CNC(=O)COc3cccc(NC(=O)c4ccco4)c3)c2)CCO1. The van der Waals surface area contributed by atoms with Gasteiger partial charge in [0.15, 0.2) is 12.4 Å². The first-order chi connectivity index (χ1) is 16.5. The quantitative estimate of drug-likeness (QED) is 0.505. The molecule has 178 valence electrons. The van der Waals surface area contributed by atoms with Crippen molar-refractivity contribution < 1.29 is 23.5 Å². The number of nitrogens with zero attached hydrogens (tertiary/aromatic N) is 1. The van der Waals surface area contributed by atoms with Gasteiger partial charge in [0.05, 0.1) is 19.0 Å². The van der Waals surface area contributed by atoms with Crippen LogP contribution in [0.3, 0.4) is 0 Å². The van der Waals surface area contributed by atoms with Crippen LogP contribution < -0.4 is 15.4 Å².